The smallest absolute Gasteiger partial charge is 0.278 e. The Morgan fingerprint density at radius 1 is 0.958 bits per heavy atom. The average Bonchev–Trinajstić information content (AvgIpc) is 3.13. The highest BCUT2D eigenvalue weighted by atomic mass is 16.5. The topological polar surface area (TPSA) is 77.2 Å². The lowest BCUT2D eigenvalue weighted by atomic mass is 10.1. The molecule has 7 heteroatoms. The second-order valence-electron chi connectivity index (χ2n) is 5.67. The molecule has 0 atom stereocenters. The predicted molar refractivity (Wildman–Crippen MR) is 88.5 cm³/mol. The van der Waals surface area contributed by atoms with Crippen molar-refractivity contribution in [2.24, 2.45) is 0 Å². The molecule has 122 valence electrons. The fraction of sp³-hybridized carbons (Fsp3) is 0.294. The fourth-order valence-electron chi connectivity index (χ4n) is 2.55. The van der Waals surface area contributed by atoms with Gasteiger partial charge in [0.05, 0.1) is 13.2 Å². The van der Waals surface area contributed by atoms with Gasteiger partial charge in [-0.15, -0.1) is 10.2 Å². The molecule has 0 aliphatic carbocycles. The molecule has 1 aliphatic rings. The highest BCUT2D eigenvalue weighted by Crippen LogP contribution is 2.22. The number of aromatic nitrogens is 4. The van der Waals surface area contributed by atoms with Crippen LogP contribution in [0.2, 0.25) is 0 Å². The number of aryl methyl sites for hydroxylation is 1. The third-order valence-corrected chi connectivity index (χ3v) is 3.94. The first-order chi connectivity index (χ1) is 11.8. The van der Waals surface area contributed by atoms with Crippen LogP contribution in [0.5, 0.6) is 0 Å². The van der Waals surface area contributed by atoms with Gasteiger partial charge in [-0.3, -0.25) is 0 Å². The van der Waals surface area contributed by atoms with E-state index >= 15 is 0 Å². The molecule has 1 saturated heterocycles. The van der Waals surface area contributed by atoms with E-state index in [1.165, 1.54) is 5.56 Å². The summed E-state index contributed by atoms with van der Waals surface area (Å²) in [5, 5.41) is 12.5. The first kappa shape index (κ1) is 14.8. The summed E-state index contributed by atoms with van der Waals surface area (Å²) in [6.45, 7) is 5.12. The van der Waals surface area contributed by atoms with Gasteiger partial charge in [-0.1, -0.05) is 35.0 Å². The molecule has 24 heavy (non-hydrogen) atoms. The van der Waals surface area contributed by atoms with Crippen molar-refractivity contribution in [2.75, 3.05) is 31.2 Å². The quantitative estimate of drug-likeness (QED) is 0.732. The van der Waals surface area contributed by atoms with E-state index in [9.17, 15) is 0 Å². The summed E-state index contributed by atoms with van der Waals surface area (Å²) in [5.41, 5.74) is 2.67. The Labute approximate surface area is 139 Å². The normalized spacial score (nSPS) is 14.8. The van der Waals surface area contributed by atoms with Gasteiger partial charge in [-0.25, -0.2) is 0 Å². The minimum absolute atomic E-state index is 0.367. The first-order valence-electron chi connectivity index (χ1n) is 7.87. The SMILES string of the molecule is Cc1ccc(-c2noc(-c3ccc(N4CCOCC4)nn3)n2)cc1. The lowest BCUT2D eigenvalue weighted by molar-refractivity contribution is 0.122. The van der Waals surface area contributed by atoms with Crippen molar-refractivity contribution >= 4 is 5.82 Å². The molecule has 1 aromatic carbocycles. The van der Waals surface area contributed by atoms with Crippen LogP contribution in [-0.2, 0) is 4.74 Å². The maximum absolute atomic E-state index is 5.34. The molecule has 3 aromatic rings. The number of ether oxygens (including phenoxy) is 1. The van der Waals surface area contributed by atoms with Gasteiger partial charge in [0, 0.05) is 18.7 Å². The zero-order chi connectivity index (χ0) is 16.4. The van der Waals surface area contributed by atoms with E-state index < -0.39 is 0 Å². The number of hydrogen-bond donors (Lipinski definition) is 0. The van der Waals surface area contributed by atoms with E-state index in [1.54, 1.807) is 0 Å². The third kappa shape index (κ3) is 2.98. The zero-order valence-electron chi connectivity index (χ0n) is 13.3. The summed E-state index contributed by atoms with van der Waals surface area (Å²) < 4.78 is 10.7. The van der Waals surface area contributed by atoms with Crippen molar-refractivity contribution in [2.45, 2.75) is 6.92 Å². The van der Waals surface area contributed by atoms with Crippen LogP contribution in [-0.4, -0.2) is 46.6 Å². The van der Waals surface area contributed by atoms with Crippen molar-refractivity contribution in [1.82, 2.24) is 20.3 Å². The van der Waals surface area contributed by atoms with Crippen LogP contribution in [0.3, 0.4) is 0 Å². The number of rotatable bonds is 3. The minimum atomic E-state index is 0.367. The van der Waals surface area contributed by atoms with Gasteiger partial charge in [0.25, 0.3) is 5.89 Å². The Kier molecular flexibility index (Phi) is 3.92. The van der Waals surface area contributed by atoms with E-state index in [0.29, 0.717) is 30.6 Å². The predicted octanol–water partition coefficient (Wildman–Crippen LogP) is 2.34. The molecule has 4 rings (SSSR count). The molecule has 0 N–H and O–H groups in total. The maximum atomic E-state index is 5.34. The highest BCUT2D eigenvalue weighted by molar-refractivity contribution is 5.58. The van der Waals surface area contributed by atoms with E-state index in [2.05, 4.69) is 25.2 Å². The van der Waals surface area contributed by atoms with Gasteiger partial charge in [0.15, 0.2) is 11.5 Å². The standard InChI is InChI=1S/C17H17N5O2/c1-12-2-4-13(5-3-12)16-18-17(24-21-16)14-6-7-15(20-19-14)22-8-10-23-11-9-22/h2-7H,8-11H2,1H3. The summed E-state index contributed by atoms with van der Waals surface area (Å²) in [4.78, 5) is 6.55. The van der Waals surface area contributed by atoms with Crippen LogP contribution in [0.25, 0.3) is 23.0 Å². The summed E-state index contributed by atoms with van der Waals surface area (Å²) in [7, 11) is 0. The second kappa shape index (κ2) is 6.37. The summed E-state index contributed by atoms with van der Waals surface area (Å²) in [6, 6.07) is 11.7. The summed E-state index contributed by atoms with van der Waals surface area (Å²) in [6.07, 6.45) is 0. The van der Waals surface area contributed by atoms with Gasteiger partial charge in [-0.2, -0.15) is 4.98 Å². The molecule has 1 aliphatic heterocycles. The van der Waals surface area contributed by atoms with Crippen LogP contribution in [0.15, 0.2) is 40.9 Å². The van der Waals surface area contributed by atoms with Gasteiger partial charge >= 0.3 is 0 Å². The van der Waals surface area contributed by atoms with Gasteiger partial charge in [-0.05, 0) is 19.1 Å². The Morgan fingerprint density at radius 2 is 1.75 bits per heavy atom. The van der Waals surface area contributed by atoms with Crippen LogP contribution >= 0.6 is 0 Å². The van der Waals surface area contributed by atoms with Gasteiger partial charge < -0.3 is 14.2 Å². The molecule has 0 bridgehead atoms. The van der Waals surface area contributed by atoms with Crippen molar-refractivity contribution < 1.29 is 9.26 Å². The number of nitrogens with zero attached hydrogens (tertiary/aromatic N) is 5. The molecule has 0 saturated carbocycles. The average molecular weight is 323 g/mol. The summed E-state index contributed by atoms with van der Waals surface area (Å²) in [5.74, 6) is 1.75. The van der Waals surface area contributed by atoms with Gasteiger partial charge in [0.2, 0.25) is 5.82 Å². The first-order valence-corrected chi connectivity index (χ1v) is 7.87. The van der Waals surface area contributed by atoms with Crippen molar-refractivity contribution in [1.29, 1.82) is 0 Å². The molecule has 0 spiro atoms. The molecule has 3 heterocycles. The molecule has 0 amide bonds. The van der Waals surface area contributed by atoms with Crippen LogP contribution < -0.4 is 4.90 Å². The number of hydrogen-bond acceptors (Lipinski definition) is 7. The van der Waals surface area contributed by atoms with E-state index in [4.69, 9.17) is 9.26 Å². The third-order valence-electron chi connectivity index (χ3n) is 3.94. The Morgan fingerprint density at radius 3 is 2.46 bits per heavy atom. The van der Waals surface area contributed by atoms with Crippen molar-refractivity contribution in [3.63, 3.8) is 0 Å². The van der Waals surface area contributed by atoms with E-state index in [1.807, 2.05) is 43.3 Å². The zero-order valence-corrected chi connectivity index (χ0v) is 13.3. The van der Waals surface area contributed by atoms with Crippen LogP contribution in [0.4, 0.5) is 5.82 Å². The molecular formula is C17H17N5O2. The van der Waals surface area contributed by atoms with Crippen molar-refractivity contribution in [3.05, 3.63) is 42.0 Å². The number of anilines is 1. The minimum Gasteiger partial charge on any atom is -0.378 e. The second-order valence-corrected chi connectivity index (χ2v) is 5.67. The molecular weight excluding hydrogens is 306 g/mol. The monoisotopic (exact) mass is 323 g/mol. The molecule has 0 radical (unpaired) electrons. The van der Waals surface area contributed by atoms with Crippen molar-refractivity contribution in [3.8, 4) is 23.0 Å². The van der Waals surface area contributed by atoms with E-state index in [-0.39, 0.29) is 0 Å². The molecule has 2 aromatic heterocycles. The van der Waals surface area contributed by atoms with Gasteiger partial charge in [0.1, 0.15) is 0 Å². The Balaban J connectivity index is 1.54. The fourth-order valence-corrected chi connectivity index (χ4v) is 2.55. The summed E-state index contributed by atoms with van der Waals surface area (Å²) >= 11 is 0. The largest absolute Gasteiger partial charge is 0.378 e. The van der Waals surface area contributed by atoms with E-state index in [0.717, 1.165) is 24.5 Å². The van der Waals surface area contributed by atoms with Crippen LogP contribution in [0.1, 0.15) is 5.56 Å². The molecule has 0 unspecified atom stereocenters. The maximum Gasteiger partial charge on any atom is 0.278 e. The number of morpholine rings is 1. The molecule has 7 nitrogen and oxygen atoms in total. The van der Waals surface area contributed by atoms with Crippen LogP contribution in [0, 0.1) is 6.92 Å². The Bertz CT molecular complexity index is 808. The molecule has 1 fully saturated rings. The Hall–Kier alpha value is -2.80. The highest BCUT2D eigenvalue weighted by Gasteiger charge is 2.15. The lowest BCUT2D eigenvalue weighted by Gasteiger charge is -2.27. The number of benzene rings is 1. The lowest BCUT2D eigenvalue weighted by Crippen LogP contribution is -2.36.